The Morgan fingerprint density at radius 3 is 2.23 bits per heavy atom. The van der Waals surface area contributed by atoms with Gasteiger partial charge in [0.15, 0.2) is 0 Å². The van der Waals surface area contributed by atoms with Crippen molar-refractivity contribution in [1.29, 1.82) is 0 Å². The number of hydrogen-bond donors (Lipinski definition) is 0. The topological polar surface area (TPSA) is 52.6 Å². The molecule has 4 rings (SSSR count). The first kappa shape index (κ1) is 12.6. The first-order valence-electron chi connectivity index (χ1n) is 6.79. The van der Waals surface area contributed by atoms with E-state index in [0.717, 1.165) is 0 Å². The van der Waals surface area contributed by atoms with E-state index >= 15 is 0 Å². The lowest BCUT2D eigenvalue weighted by Crippen LogP contribution is -2.19. The Hall–Kier alpha value is -3.14. The van der Waals surface area contributed by atoms with Crippen molar-refractivity contribution in [3.8, 4) is 11.5 Å². The zero-order chi connectivity index (χ0) is 15.1. The summed E-state index contributed by atoms with van der Waals surface area (Å²) in [5, 5.41) is 1.29. The van der Waals surface area contributed by atoms with Crippen LogP contribution in [0.5, 0.6) is 11.5 Å². The van der Waals surface area contributed by atoms with Crippen molar-refractivity contribution in [2.24, 2.45) is 0 Å². The molecule has 106 valence electrons. The summed E-state index contributed by atoms with van der Waals surface area (Å²) in [4.78, 5) is 23.7. The molecule has 0 fully saturated rings. The van der Waals surface area contributed by atoms with Crippen molar-refractivity contribution in [3.05, 3.63) is 71.8 Å². The molecule has 1 aliphatic heterocycles. The number of carbonyl (C=O) groups excluding carboxylic acids is 2. The molecular weight excluding hydrogens is 280 g/mol. The monoisotopic (exact) mass is 290 g/mol. The van der Waals surface area contributed by atoms with Crippen LogP contribution in [0.15, 0.2) is 60.7 Å². The van der Waals surface area contributed by atoms with Gasteiger partial charge in [-0.15, -0.1) is 0 Å². The Bertz CT molecular complexity index is 893. The average Bonchev–Trinajstić information content (AvgIpc) is 2.54. The zero-order valence-electron chi connectivity index (χ0n) is 11.4. The number of esters is 2. The molecule has 0 bridgehead atoms. The Balaban J connectivity index is 1.95. The molecule has 0 saturated carbocycles. The molecule has 0 unspecified atom stereocenters. The lowest BCUT2D eigenvalue weighted by atomic mass is 9.96. The van der Waals surface area contributed by atoms with Crippen molar-refractivity contribution in [2.75, 3.05) is 0 Å². The first-order valence-corrected chi connectivity index (χ1v) is 6.79. The molecule has 0 aromatic heterocycles. The molecule has 0 radical (unpaired) electrons. The van der Waals surface area contributed by atoms with E-state index in [4.69, 9.17) is 9.47 Å². The van der Waals surface area contributed by atoms with E-state index < -0.39 is 11.9 Å². The molecule has 0 spiro atoms. The summed E-state index contributed by atoms with van der Waals surface area (Å²) >= 11 is 0. The fourth-order valence-electron chi connectivity index (χ4n) is 2.62. The van der Waals surface area contributed by atoms with Crippen LogP contribution < -0.4 is 4.74 Å². The minimum Gasteiger partial charge on any atom is -0.457 e. The minimum absolute atomic E-state index is 0.380. The third-order valence-corrected chi connectivity index (χ3v) is 3.60. The molecule has 3 aromatic rings. The molecule has 3 aromatic carbocycles. The van der Waals surface area contributed by atoms with Gasteiger partial charge in [0.2, 0.25) is 0 Å². The molecule has 1 heterocycles. The fourth-order valence-corrected chi connectivity index (χ4v) is 2.62. The van der Waals surface area contributed by atoms with Gasteiger partial charge in [-0.25, -0.2) is 9.59 Å². The van der Waals surface area contributed by atoms with Crippen LogP contribution in [0.25, 0.3) is 10.8 Å². The number of cyclic esters (lactones) is 2. The predicted octanol–water partition coefficient (Wildman–Crippen LogP) is 3.94. The van der Waals surface area contributed by atoms with E-state index in [2.05, 4.69) is 0 Å². The Labute approximate surface area is 125 Å². The summed E-state index contributed by atoms with van der Waals surface area (Å²) in [6.07, 6.45) is 0. The van der Waals surface area contributed by atoms with Crippen molar-refractivity contribution in [1.82, 2.24) is 0 Å². The normalized spacial score (nSPS) is 13.1. The minimum atomic E-state index is -0.625. The molecule has 0 amide bonds. The van der Waals surface area contributed by atoms with Gasteiger partial charge in [0.05, 0.1) is 11.1 Å². The highest BCUT2D eigenvalue weighted by Crippen LogP contribution is 2.36. The highest BCUT2D eigenvalue weighted by molar-refractivity contribution is 6.21. The highest BCUT2D eigenvalue weighted by Gasteiger charge is 2.28. The summed E-state index contributed by atoms with van der Waals surface area (Å²) in [7, 11) is 0. The average molecular weight is 290 g/mol. The molecular formula is C18H10O4. The lowest BCUT2D eigenvalue weighted by Gasteiger charge is -2.17. The summed E-state index contributed by atoms with van der Waals surface area (Å²) in [5.41, 5.74) is 0.760. The molecule has 0 N–H and O–H groups in total. The molecule has 0 saturated heterocycles. The molecule has 0 atom stereocenters. The number of rotatable bonds is 2. The Morgan fingerprint density at radius 2 is 1.45 bits per heavy atom. The largest absolute Gasteiger partial charge is 0.457 e. The molecule has 4 heteroatoms. The molecule has 4 nitrogen and oxygen atoms in total. The number of para-hydroxylation sites is 1. The van der Waals surface area contributed by atoms with Crippen LogP contribution in [0.4, 0.5) is 0 Å². The quantitative estimate of drug-likeness (QED) is 0.530. The number of hydrogen-bond acceptors (Lipinski definition) is 4. The van der Waals surface area contributed by atoms with Crippen LogP contribution in [0, 0.1) is 0 Å². The van der Waals surface area contributed by atoms with E-state index in [9.17, 15) is 9.59 Å². The van der Waals surface area contributed by atoms with Crippen molar-refractivity contribution < 1.29 is 19.1 Å². The van der Waals surface area contributed by atoms with Crippen molar-refractivity contribution in [2.45, 2.75) is 0 Å². The van der Waals surface area contributed by atoms with E-state index in [1.807, 2.05) is 36.4 Å². The second-order valence-corrected chi connectivity index (χ2v) is 4.93. The van der Waals surface area contributed by atoms with Crippen molar-refractivity contribution in [3.63, 3.8) is 0 Å². The summed E-state index contributed by atoms with van der Waals surface area (Å²) < 4.78 is 10.6. The van der Waals surface area contributed by atoms with Crippen molar-refractivity contribution >= 4 is 22.7 Å². The van der Waals surface area contributed by atoms with Gasteiger partial charge >= 0.3 is 11.9 Å². The molecule has 1 aliphatic rings. The second kappa shape index (κ2) is 4.70. The second-order valence-electron chi connectivity index (χ2n) is 4.93. The van der Waals surface area contributed by atoms with Gasteiger partial charge in [-0.05, 0) is 30.3 Å². The Kier molecular flexibility index (Phi) is 2.69. The van der Waals surface area contributed by atoms with Gasteiger partial charge in [0.1, 0.15) is 11.5 Å². The van der Waals surface area contributed by atoms with Gasteiger partial charge in [0.25, 0.3) is 0 Å². The molecule has 22 heavy (non-hydrogen) atoms. The van der Waals surface area contributed by atoms with E-state index in [0.29, 0.717) is 33.4 Å². The van der Waals surface area contributed by atoms with Crippen LogP contribution in [0.3, 0.4) is 0 Å². The number of carbonyl (C=O) groups is 2. The van der Waals surface area contributed by atoms with Gasteiger partial charge in [-0.2, -0.15) is 0 Å². The van der Waals surface area contributed by atoms with Crippen LogP contribution in [-0.2, 0) is 4.74 Å². The molecule has 0 aliphatic carbocycles. The number of ether oxygens (including phenoxy) is 2. The maximum Gasteiger partial charge on any atom is 0.346 e. The summed E-state index contributed by atoms with van der Waals surface area (Å²) in [6, 6.07) is 17.9. The van der Waals surface area contributed by atoms with E-state index in [-0.39, 0.29) is 0 Å². The predicted molar refractivity (Wildman–Crippen MR) is 80.2 cm³/mol. The SMILES string of the molecule is O=C1OC(=O)c2ccc(Oc3ccccc3)c3cccc1c23. The van der Waals surface area contributed by atoms with Gasteiger partial charge in [-0.1, -0.05) is 30.3 Å². The van der Waals surface area contributed by atoms with Gasteiger partial charge in [-0.3, -0.25) is 0 Å². The number of benzene rings is 3. The van der Waals surface area contributed by atoms with Gasteiger partial charge in [0, 0.05) is 10.8 Å². The maximum atomic E-state index is 11.9. The van der Waals surface area contributed by atoms with Crippen LogP contribution >= 0.6 is 0 Å². The highest BCUT2D eigenvalue weighted by atomic mass is 16.6. The summed E-state index contributed by atoms with van der Waals surface area (Å²) in [5.74, 6) is 0.0298. The van der Waals surface area contributed by atoms with E-state index in [1.165, 1.54) is 0 Å². The van der Waals surface area contributed by atoms with Crippen LogP contribution in [-0.4, -0.2) is 11.9 Å². The lowest BCUT2D eigenvalue weighted by molar-refractivity contribution is 0.0391. The fraction of sp³-hybridized carbons (Fsp3) is 0. The van der Waals surface area contributed by atoms with Gasteiger partial charge < -0.3 is 9.47 Å². The zero-order valence-corrected chi connectivity index (χ0v) is 11.4. The van der Waals surface area contributed by atoms with E-state index in [1.54, 1.807) is 24.3 Å². The van der Waals surface area contributed by atoms with Crippen LogP contribution in [0.2, 0.25) is 0 Å². The third kappa shape index (κ3) is 1.85. The summed E-state index contributed by atoms with van der Waals surface area (Å²) in [6.45, 7) is 0. The third-order valence-electron chi connectivity index (χ3n) is 3.60. The smallest absolute Gasteiger partial charge is 0.346 e. The first-order chi connectivity index (χ1) is 10.7. The standard InChI is InChI=1S/C18H10O4/c19-17-13-8-4-7-12-15(21-11-5-2-1-3-6-11)10-9-14(16(12)13)18(20)22-17/h1-10H. The van der Waals surface area contributed by atoms with Crippen LogP contribution in [0.1, 0.15) is 20.7 Å². The maximum absolute atomic E-state index is 11.9. The Morgan fingerprint density at radius 1 is 0.727 bits per heavy atom.